The number of nitrogens with two attached hydrogens (primary N) is 1. The lowest BCUT2D eigenvalue weighted by molar-refractivity contribution is -0.131. The van der Waals surface area contributed by atoms with Gasteiger partial charge in [-0.2, -0.15) is 0 Å². The molecule has 1 heterocycles. The monoisotopic (exact) mass is 361 g/mol. The molecular formula is C19H27N3O4. The van der Waals surface area contributed by atoms with Crippen molar-refractivity contribution in [3.05, 3.63) is 35.9 Å². The van der Waals surface area contributed by atoms with Gasteiger partial charge in [0, 0.05) is 13.0 Å². The van der Waals surface area contributed by atoms with Crippen molar-refractivity contribution in [2.45, 2.75) is 51.4 Å². The first kappa shape index (κ1) is 19.9. The van der Waals surface area contributed by atoms with E-state index in [0.29, 0.717) is 24.8 Å². The Labute approximate surface area is 153 Å². The zero-order valence-electron chi connectivity index (χ0n) is 15.2. The Hall–Kier alpha value is -2.41. The lowest BCUT2D eigenvalue weighted by atomic mass is 10.0. The van der Waals surface area contributed by atoms with Gasteiger partial charge in [0.25, 0.3) is 0 Å². The standard InChI is InChI=1S/C19H27N3O4/c1-12(2)10-16(23)22-17(13-6-4-3-5-7-13)19(25)21-11-14-8-9-15(26-14)18(20)24/h3-7,12,14-15,17H,8-11H2,1-2H3,(H2,20,24)(H,21,25)(H,22,23)/t14-,15-,17-/m0/s1. The highest BCUT2D eigenvalue weighted by Gasteiger charge is 2.30. The van der Waals surface area contributed by atoms with Crippen molar-refractivity contribution < 1.29 is 19.1 Å². The Kier molecular flexibility index (Phi) is 7.15. The maximum absolute atomic E-state index is 12.7. The molecule has 0 unspecified atom stereocenters. The molecule has 1 aromatic carbocycles. The van der Waals surface area contributed by atoms with E-state index < -0.39 is 18.1 Å². The number of rotatable bonds is 8. The van der Waals surface area contributed by atoms with Crippen LogP contribution in [0.3, 0.4) is 0 Å². The molecule has 0 spiro atoms. The van der Waals surface area contributed by atoms with Gasteiger partial charge in [0.1, 0.15) is 12.1 Å². The van der Waals surface area contributed by atoms with Gasteiger partial charge in [-0.3, -0.25) is 14.4 Å². The van der Waals surface area contributed by atoms with Gasteiger partial charge in [-0.1, -0.05) is 44.2 Å². The van der Waals surface area contributed by atoms with E-state index in [1.54, 1.807) is 12.1 Å². The minimum Gasteiger partial charge on any atom is -0.367 e. The largest absolute Gasteiger partial charge is 0.367 e. The maximum Gasteiger partial charge on any atom is 0.247 e. The molecule has 0 aromatic heterocycles. The predicted molar refractivity (Wildman–Crippen MR) is 96.9 cm³/mol. The molecule has 0 radical (unpaired) electrons. The number of carbonyl (C=O) groups is 3. The zero-order valence-corrected chi connectivity index (χ0v) is 15.2. The van der Waals surface area contributed by atoms with Crippen LogP contribution in [0.15, 0.2) is 30.3 Å². The summed E-state index contributed by atoms with van der Waals surface area (Å²) in [5.74, 6) is -0.761. The fourth-order valence-electron chi connectivity index (χ4n) is 2.92. The molecule has 142 valence electrons. The second-order valence-electron chi connectivity index (χ2n) is 6.98. The molecule has 0 aliphatic carbocycles. The highest BCUT2D eigenvalue weighted by molar-refractivity contribution is 5.88. The van der Waals surface area contributed by atoms with Crippen LogP contribution in [0.25, 0.3) is 0 Å². The van der Waals surface area contributed by atoms with Crippen molar-refractivity contribution in [3.63, 3.8) is 0 Å². The molecule has 1 aromatic rings. The molecule has 1 fully saturated rings. The van der Waals surface area contributed by atoms with Crippen LogP contribution >= 0.6 is 0 Å². The van der Waals surface area contributed by atoms with E-state index in [4.69, 9.17) is 10.5 Å². The van der Waals surface area contributed by atoms with Crippen LogP contribution in [-0.4, -0.2) is 36.5 Å². The third-order valence-corrected chi connectivity index (χ3v) is 4.22. The first-order valence-corrected chi connectivity index (χ1v) is 8.93. The molecule has 7 heteroatoms. The van der Waals surface area contributed by atoms with E-state index in [0.717, 1.165) is 0 Å². The van der Waals surface area contributed by atoms with Crippen molar-refractivity contribution in [1.29, 1.82) is 0 Å². The summed E-state index contributed by atoms with van der Waals surface area (Å²) in [6, 6.07) is 8.33. The van der Waals surface area contributed by atoms with Gasteiger partial charge in [0.2, 0.25) is 17.7 Å². The molecule has 7 nitrogen and oxygen atoms in total. The number of carbonyl (C=O) groups excluding carboxylic acids is 3. The number of benzene rings is 1. The molecule has 26 heavy (non-hydrogen) atoms. The second-order valence-corrected chi connectivity index (χ2v) is 6.98. The Balaban J connectivity index is 1.97. The van der Waals surface area contributed by atoms with Crippen LogP contribution in [-0.2, 0) is 19.1 Å². The van der Waals surface area contributed by atoms with Crippen molar-refractivity contribution in [3.8, 4) is 0 Å². The van der Waals surface area contributed by atoms with Crippen LogP contribution in [0.5, 0.6) is 0 Å². The molecular weight excluding hydrogens is 334 g/mol. The highest BCUT2D eigenvalue weighted by atomic mass is 16.5. The van der Waals surface area contributed by atoms with Crippen LogP contribution in [0.1, 0.15) is 44.7 Å². The van der Waals surface area contributed by atoms with E-state index in [1.165, 1.54) is 0 Å². The normalized spacial score (nSPS) is 20.6. The number of nitrogens with one attached hydrogen (secondary N) is 2. The first-order chi connectivity index (χ1) is 12.4. The van der Waals surface area contributed by atoms with Gasteiger partial charge in [0.05, 0.1) is 6.10 Å². The van der Waals surface area contributed by atoms with Crippen LogP contribution in [0.4, 0.5) is 0 Å². The quantitative estimate of drug-likeness (QED) is 0.642. The number of hydrogen-bond donors (Lipinski definition) is 3. The van der Waals surface area contributed by atoms with Gasteiger partial charge in [-0.25, -0.2) is 0 Å². The summed E-state index contributed by atoms with van der Waals surface area (Å²) in [4.78, 5) is 36.0. The van der Waals surface area contributed by atoms with E-state index in [-0.39, 0.29) is 30.4 Å². The maximum atomic E-state index is 12.7. The molecule has 0 saturated carbocycles. The molecule has 3 atom stereocenters. The average Bonchev–Trinajstić information content (AvgIpc) is 3.07. The van der Waals surface area contributed by atoms with E-state index in [1.807, 2.05) is 32.0 Å². The van der Waals surface area contributed by atoms with Crippen LogP contribution < -0.4 is 16.4 Å². The Bertz CT molecular complexity index is 633. The van der Waals surface area contributed by atoms with Crippen LogP contribution in [0, 0.1) is 5.92 Å². The average molecular weight is 361 g/mol. The summed E-state index contributed by atoms with van der Waals surface area (Å²) in [6.07, 6.45) is 0.724. The van der Waals surface area contributed by atoms with Gasteiger partial charge in [-0.05, 0) is 24.3 Å². The minimum atomic E-state index is -0.768. The summed E-state index contributed by atoms with van der Waals surface area (Å²) in [5, 5.41) is 5.61. The SMILES string of the molecule is CC(C)CC(=O)N[C@H](C(=O)NC[C@@H]1CC[C@@H](C(N)=O)O1)c1ccccc1. The zero-order chi connectivity index (χ0) is 19.1. The molecule has 3 amide bonds. The summed E-state index contributed by atoms with van der Waals surface area (Å²) in [6.45, 7) is 4.17. The van der Waals surface area contributed by atoms with E-state index in [2.05, 4.69) is 10.6 Å². The van der Waals surface area contributed by atoms with Gasteiger partial charge >= 0.3 is 0 Å². The molecule has 4 N–H and O–H groups in total. The van der Waals surface area contributed by atoms with Crippen molar-refractivity contribution in [1.82, 2.24) is 10.6 Å². The lowest BCUT2D eigenvalue weighted by Gasteiger charge is -2.21. The number of amides is 3. The summed E-state index contributed by atoms with van der Waals surface area (Å²) in [5.41, 5.74) is 5.95. The minimum absolute atomic E-state index is 0.171. The van der Waals surface area contributed by atoms with Crippen molar-refractivity contribution >= 4 is 17.7 Å². The lowest BCUT2D eigenvalue weighted by Crippen LogP contribution is -2.43. The topological polar surface area (TPSA) is 111 Å². The number of primary amides is 1. The third-order valence-electron chi connectivity index (χ3n) is 4.22. The fourth-order valence-corrected chi connectivity index (χ4v) is 2.92. The molecule has 2 rings (SSSR count). The van der Waals surface area contributed by atoms with Crippen molar-refractivity contribution in [2.75, 3.05) is 6.54 Å². The van der Waals surface area contributed by atoms with Gasteiger partial charge in [0.15, 0.2) is 0 Å². The second kappa shape index (κ2) is 9.33. The Morgan fingerprint density at radius 1 is 1.19 bits per heavy atom. The van der Waals surface area contributed by atoms with Crippen LogP contribution in [0.2, 0.25) is 0 Å². The summed E-state index contributed by atoms with van der Waals surface area (Å²) < 4.78 is 5.52. The van der Waals surface area contributed by atoms with Gasteiger partial charge < -0.3 is 21.1 Å². The molecule has 1 aliphatic heterocycles. The molecule has 0 bridgehead atoms. The van der Waals surface area contributed by atoms with Crippen molar-refractivity contribution in [2.24, 2.45) is 11.7 Å². The number of ether oxygens (including phenoxy) is 1. The smallest absolute Gasteiger partial charge is 0.247 e. The van der Waals surface area contributed by atoms with E-state index >= 15 is 0 Å². The Morgan fingerprint density at radius 2 is 1.88 bits per heavy atom. The molecule has 1 saturated heterocycles. The first-order valence-electron chi connectivity index (χ1n) is 8.93. The number of hydrogen-bond acceptors (Lipinski definition) is 4. The Morgan fingerprint density at radius 3 is 2.46 bits per heavy atom. The summed E-state index contributed by atoms with van der Waals surface area (Å²) in [7, 11) is 0. The third kappa shape index (κ3) is 5.84. The van der Waals surface area contributed by atoms with E-state index in [9.17, 15) is 14.4 Å². The fraction of sp³-hybridized carbons (Fsp3) is 0.526. The summed E-state index contributed by atoms with van der Waals surface area (Å²) >= 11 is 0. The highest BCUT2D eigenvalue weighted by Crippen LogP contribution is 2.19. The van der Waals surface area contributed by atoms with Gasteiger partial charge in [-0.15, -0.1) is 0 Å². The molecule has 1 aliphatic rings. The predicted octanol–water partition coefficient (Wildman–Crippen LogP) is 1.04.